The predicted molar refractivity (Wildman–Crippen MR) is 67.6 cm³/mol. The number of hydrogen-bond donors (Lipinski definition) is 0. The lowest BCUT2D eigenvalue weighted by Crippen LogP contribution is -1.99. The Balaban J connectivity index is 2.65. The molecule has 1 unspecified atom stereocenters. The Hall–Kier alpha value is -1.39. The van der Waals surface area contributed by atoms with E-state index in [1.54, 1.807) is 12.1 Å². The maximum atomic E-state index is 10.6. The molecule has 4 heteroatoms. The van der Waals surface area contributed by atoms with Crippen LogP contribution in [0.5, 0.6) is 5.75 Å². The van der Waals surface area contributed by atoms with Gasteiger partial charge in [0, 0.05) is 5.39 Å². The van der Waals surface area contributed by atoms with Crippen molar-refractivity contribution in [2.75, 3.05) is 0 Å². The summed E-state index contributed by atoms with van der Waals surface area (Å²) in [7, 11) is 0. The fourth-order valence-electron chi connectivity index (χ4n) is 1.95. The summed E-state index contributed by atoms with van der Waals surface area (Å²) in [6, 6.07) is 11.3. The molecule has 17 heavy (non-hydrogen) atoms. The standard InChI is InChI=1S/C13H14O3S/c1-9(2)10-5-3-7-12-11(10)6-4-8-13(12)16-17(14)15/h3-9H,1-2H3,(H,14,15)/p-1. The minimum Gasteiger partial charge on any atom is -0.740 e. The second-order valence-corrected chi connectivity index (χ2v) is 4.72. The van der Waals surface area contributed by atoms with Crippen molar-refractivity contribution in [2.45, 2.75) is 19.8 Å². The van der Waals surface area contributed by atoms with Crippen molar-refractivity contribution in [1.29, 1.82) is 0 Å². The highest BCUT2D eigenvalue weighted by Gasteiger charge is 2.08. The first-order valence-electron chi connectivity index (χ1n) is 5.39. The van der Waals surface area contributed by atoms with E-state index in [-0.39, 0.29) is 0 Å². The monoisotopic (exact) mass is 249 g/mol. The van der Waals surface area contributed by atoms with Gasteiger partial charge in [0.2, 0.25) is 0 Å². The summed E-state index contributed by atoms with van der Waals surface area (Å²) in [6.07, 6.45) is 0. The maximum absolute atomic E-state index is 10.6. The third-order valence-electron chi connectivity index (χ3n) is 2.70. The Kier molecular flexibility index (Phi) is 3.45. The molecule has 0 aromatic heterocycles. The zero-order chi connectivity index (χ0) is 12.4. The largest absolute Gasteiger partial charge is 0.740 e. The molecule has 0 heterocycles. The first-order chi connectivity index (χ1) is 8.09. The van der Waals surface area contributed by atoms with Gasteiger partial charge in [-0.1, -0.05) is 44.2 Å². The highest BCUT2D eigenvalue weighted by atomic mass is 32.2. The van der Waals surface area contributed by atoms with E-state index < -0.39 is 11.4 Å². The van der Waals surface area contributed by atoms with E-state index >= 15 is 0 Å². The van der Waals surface area contributed by atoms with Gasteiger partial charge in [0.1, 0.15) is 17.1 Å². The van der Waals surface area contributed by atoms with Gasteiger partial charge in [-0.15, -0.1) is 0 Å². The third kappa shape index (κ3) is 2.48. The molecular formula is C13H13O3S-. The van der Waals surface area contributed by atoms with Gasteiger partial charge in [-0.25, -0.2) is 4.21 Å². The maximum Gasteiger partial charge on any atom is 0.147 e. The summed E-state index contributed by atoms with van der Waals surface area (Å²) in [5.41, 5.74) is 1.18. The lowest BCUT2D eigenvalue weighted by Gasteiger charge is -2.13. The highest BCUT2D eigenvalue weighted by molar-refractivity contribution is 7.74. The van der Waals surface area contributed by atoms with Crippen LogP contribution in [-0.4, -0.2) is 8.76 Å². The topological polar surface area (TPSA) is 49.4 Å². The Bertz CT molecular complexity index is 564. The molecule has 2 aromatic carbocycles. The van der Waals surface area contributed by atoms with Gasteiger partial charge in [0.05, 0.1) is 0 Å². The fraction of sp³-hybridized carbons (Fsp3) is 0.231. The first-order valence-corrected chi connectivity index (χ1v) is 6.39. The number of fused-ring (bicyclic) bond motifs is 1. The molecule has 2 aromatic rings. The average Bonchev–Trinajstić information content (AvgIpc) is 2.28. The van der Waals surface area contributed by atoms with E-state index in [1.165, 1.54) is 5.56 Å². The quantitative estimate of drug-likeness (QED) is 0.785. The van der Waals surface area contributed by atoms with Gasteiger partial charge in [0.25, 0.3) is 0 Å². The first kappa shape index (κ1) is 12.1. The molecule has 1 atom stereocenters. The van der Waals surface area contributed by atoms with Crippen LogP contribution in [0.15, 0.2) is 36.4 Å². The number of hydrogen-bond acceptors (Lipinski definition) is 3. The van der Waals surface area contributed by atoms with Gasteiger partial charge in [-0.2, -0.15) is 0 Å². The van der Waals surface area contributed by atoms with Gasteiger partial charge < -0.3 is 8.74 Å². The highest BCUT2D eigenvalue weighted by Crippen LogP contribution is 2.31. The molecule has 0 amide bonds. The Morgan fingerprint density at radius 1 is 1.12 bits per heavy atom. The van der Waals surface area contributed by atoms with E-state index in [4.69, 9.17) is 4.18 Å². The minimum atomic E-state index is -2.54. The van der Waals surface area contributed by atoms with E-state index in [1.807, 2.05) is 24.3 Å². The van der Waals surface area contributed by atoms with Gasteiger partial charge in [0.15, 0.2) is 0 Å². The molecular weight excluding hydrogens is 236 g/mol. The average molecular weight is 249 g/mol. The summed E-state index contributed by atoms with van der Waals surface area (Å²) < 4.78 is 26.0. The van der Waals surface area contributed by atoms with E-state index in [0.717, 1.165) is 10.8 Å². The van der Waals surface area contributed by atoms with Crippen LogP contribution in [-0.2, 0) is 11.4 Å². The van der Waals surface area contributed by atoms with Crippen LogP contribution < -0.4 is 4.18 Å². The zero-order valence-corrected chi connectivity index (χ0v) is 10.5. The second kappa shape index (κ2) is 4.85. The Morgan fingerprint density at radius 2 is 1.76 bits per heavy atom. The molecule has 3 nitrogen and oxygen atoms in total. The van der Waals surface area contributed by atoms with Crippen molar-refractivity contribution in [3.05, 3.63) is 42.0 Å². The van der Waals surface area contributed by atoms with Crippen molar-refractivity contribution in [3.63, 3.8) is 0 Å². The van der Waals surface area contributed by atoms with Crippen molar-refractivity contribution in [3.8, 4) is 5.75 Å². The smallest absolute Gasteiger partial charge is 0.147 e. The molecule has 0 saturated heterocycles. The van der Waals surface area contributed by atoms with Crippen LogP contribution >= 0.6 is 0 Å². The SMILES string of the molecule is CC(C)c1cccc2c(OS(=O)[O-])cccc12. The fourth-order valence-corrected chi connectivity index (χ4v) is 2.25. The molecule has 0 spiro atoms. The predicted octanol–water partition coefficient (Wildman–Crippen LogP) is 3.14. The normalized spacial score (nSPS) is 12.9. The molecule has 0 aliphatic carbocycles. The number of benzene rings is 2. The van der Waals surface area contributed by atoms with E-state index in [0.29, 0.717) is 11.7 Å². The van der Waals surface area contributed by atoms with Crippen LogP contribution in [0.25, 0.3) is 10.8 Å². The van der Waals surface area contributed by atoms with Gasteiger partial charge in [-0.3, -0.25) is 0 Å². The second-order valence-electron chi connectivity index (χ2n) is 4.14. The Labute approximate surface area is 103 Å². The summed E-state index contributed by atoms with van der Waals surface area (Å²) >= 11 is -2.54. The van der Waals surface area contributed by atoms with E-state index in [2.05, 4.69) is 13.8 Å². The van der Waals surface area contributed by atoms with Crippen LogP contribution in [0.1, 0.15) is 25.3 Å². The molecule has 0 fully saturated rings. The third-order valence-corrected chi connectivity index (χ3v) is 3.01. The van der Waals surface area contributed by atoms with E-state index in [9.17, 15) is 8.76 Å². The van der Waals surface area contributed by atoms with Crippen LogP contribution in [0.2, 0.25) is 0 Å². The molecule has 0 radical (unpaired) electrons. The zero-order valence-electron chi connectivity index (χ0n) is 9.67. The summed E-state index contributed by atoms with van der Waals surface area (Å²) in [5, 5.41) is 1.85. The van der Waals surface area contributed by atoms with Crippen LogP contribution in [0.4, 0.5) is 0 Å². The molecule has 2 rings (SSSR count). The van der Waals surface area contributed by atoms with Crippen molar-refractivity contribution in [2.24, 2.45) is 0 Å². The molecule has 0 N–H and O–H groups in total. The molecule has 0 saturated carbocycles. The van der Waals surface area contributed by atoms with Crippen LogP contribution in [0.3, 0.4) is 0 Å². The van der Waals surface area contributed by atoms with Crippen molar-refractivity contribution < 1.29 is 12.9 Å². The lowest BCUT2D eigenvalue weighted by molar-refractivity contribution is 0.442. The molecule has 0 aliphatic rings. The summed E-state index contributed by atoms with van der Waals surface area (Å²) in [4.78, 5) is 0. The lowest BCUT2D eigenvalue weighted by atomic mass is 9.96. The van der Waals surface area contributed by atoms with Crippen LogP contribution in [0, 0.1) is 0 Å². The van der Waals surface area contributed by atoms with Gasteiger partial charge >= 0.3 is 0 Å². The summed E-state index contributed by atoms with van der Waals surface area (Å²) in [5.74, 6) is 0.755. The molecule has 0 aliphatic heterocycles. The van der Waals surface area contributed by atoms with Crippen molar-refractivity contribution >= 4 is 22.1 Å². The van der Waals surface area contributed by atoms with Gasteiger partial charge in [-0.05, 0) is 22.9 Å². The molecule has 0 bridgehead atoms. The minimum absolute atomic E-state index is 0.373. The summed E-state index contributed by atoms with van der Waals surface area (Å²) in [6.45, 7) is 4.21. The number of rotatable bonds is 3. The Morgan fingerprint density at radius 3 is 2.41 bits per heavy atom. The van der Waals surface area contributed by atoms with Crippen molar-refractivity contribution in [1.82, 2.24) is 0 Å². The molecule has 90 valence electrons.